The predicted octanol–water partition coefficient (Wildman–Crippen LogP) is 1.97. The number of nitrogens with zero attached hydrogens (tertiary/aromatic N) is 2. The van der Waals surface area contributed by atoms with Crippen LogP contribution in [0.25, 0.3) is 5.52 Å². The van der Waals surface area contributed by atoms with E-state index in [1.54, 1.807) is 16.7 Å². The Morgan fingerprint density at radius 2 is 2.13 bits per heavy atom. The maximum atomic E-state index is 11.7. The number of aromatic amines is 1. The second-order valence-corrected chi connectivity index (χ2v) is 4.92. The highest BCUT2D eigenvalue weighted by molar-refractivity contribution is 6.29. The molecule has 1 N–H and O–H groups in total. The van der Waals surface area contributed by atoms with Crippen molar-refractivity contribution in [2.75, 3.05) is 0 Å². The van der Waals surface area contributed by atoms with Gasteiger partial charge in [-0.2, -0.15) is 0 Å². The second kappa shape index (κ2) is 3.10. The summed E-state index contributed by atoms with van der Waals surface area (Å²) in [5.74, 6) is 0.732. The minimum absolute atomic E-state index is 0.173. The molecule has 2 rings (SSSR count). The van der Waals surface area contributed by atoms with Gasteiger partial charge in [-0.1, -0.05) is 32.4 Å². The van der Waals surface area contributed by atoms with Crippen molar-refractivity contribution in [2.45, 2.75) is 26.2 Å². The van der Waals surface area contributed by atoms with E-state index in [1.165, 1.54) is 0 Å². The zero-order valence-electron chi connectivity index (χ0n) is 8.84. The molecule has 5 heteroatoms. The average Bonchev–Trinajstić information content (AvgIpc) is 2.45. The van der Waals surface area contributed by atoms with Crippen LogP contribution in [0.1, 0.15) is 26.6 Å². The highest BCUT2D eigenvalue weighted by Gasteiger charge is 2.21. The number of halogens is 1. The van der Waals surface area contributed by atoms with Crippen LogP contribution in [0.3, 0.4) is 0 Å². The highest BCUT2D eigenvalue weighted by atomic mass is 35.5. The monoisotopic (exact) mass is 225 g/mol. The van der Waals surface area contributed by atoms with Crippen LogP contribution in [0.5, 0.6) is 0 Å². The molecule has 0 atom stereocenters. The number of H-pyrrole nitrogens is 1. The lowest BCUT2D eigenvalue weighted by atomic mass is 9.96. The summed E-state index contributed by atoms with van der Waals surface area (Å²) in [6, 6.07) is 1.69. The zero-order chi connectivity index (χ0) is 11.2. The summed E-state index contributed by atoms with van der Waals surface area (Å²) in [6.07, 6.45) is 1.65. The number of imidazole rings is 1. The lowest BCUT2D eigenvalue weighted by Crippen LogP contribution is -2.24. The third kappa shape index (κ3) is 1.65. The standard InChI is InChI=1S/C10H12ClN3O/c1-10(2,3)8-12-5-6-4-7(11)13-9(15)14(6)8/h4-5H,1-3H3,(H,13,15). The van der Waals surface area contributed by atoms with E-state index in [9.17, 15) is 4.79 Å². The van der Waals surface area contributed by atoms with Crippen LogP contribution in [0.2, 0.25) is 5.15 Å². The number of hydrogen-bond acceptors (Lipinski definition) is 2. The Morgan fingerprint density at radius 1 is 1.47 bits per heavy atom. The van der Waals surface area contributed by atoms with E-state index in [2.05, 4.69) is 9.97 Å². The Hall–Kier alpha value is -1.29. The van der Waals surface area contributed by atoms with E-state index in [0.29, 0.717) is 10.7 Å². The Balaban J connectivity index is 2.87. The summed E-state index contributed by atoms with van der Waals surface area (Å²) in [7, 11) is 0. The first-order valence-electron chi connectivity index (χ1n) is 4.66. The molecule has 0 radical (unpaired) electrons. The van der Waals surface area contributed by atoms with Gasteiger partial charge in [-0.05, 0) is 6.07 Å². The van der Waals surface area contributed by atoms with Crippen molar-refractivity contribution in [3.05, 3.63) is 33.7 Å². The zero-order valence-corrected chi connectivity index (χ0v) is 9.59. The first-order valence-corrected chi connectivity index (χ1v) is 5.04. The Labute approximate surface area is 91.9 Å². The molecule has 2 heterocycles. The molecule has 2 aromatic rings. The molecule has 0 spiro atoms. The second-order valence-electron chi connectivity index (χ2n) is 4.51. The van der Waals surface area contributed by atoms with Gasteiger partial charge in [0.2, 0.25) is 0 Å². The van der Waals surface area contributed by atoms with Crippen LogP contribution in [0.15, 0.2) is 17.1 Å². The SMILES string of the molecule is CC(C)(C)c1ncc2cc(Cl)[nH]c(=O)n12. The van der Waals surface area contributed by atoms with Crippen LogP contribution >= 0.6 is 11.6 Å². The van der Waals surface area contributed by atoms with Gasteiger partial charge in [0.25, 0.3) is 0 Å². The summed E-state index contributed by atoms with van der Waals surface area (Å²) in [6.45, 7) is 6.03. The molecule has 0 aliphatic rings. The van der Waals surface area contributed by atoms with E-state index < -0.39 is 0 Å². The molecule has 0 unspecified atom stereocenters. The summed E-state index contributed by atoms with van der Waals surface area (Å²) < 4.78 is 1.55. The van der Waals surface area contributed by atoms with Crippen LogP contribution in [-0.2, 0) is 5.41 Å². The first kappa shape index (κ1) is 10.2. The average molecular weight is 226 g/mol. The van der Waals surface area contributed by atoms with Gasteiger partial charge in [0, 0.05) is 5.41 Å². The molecule has 0 saturated carbocycles. The maximum Gasteiger partial charge on any atom is 0.332 e. The van der Waals surface area contributed by atoms with E-state index in [-0.39, 0.29) is 11.1 Å². The maximum absolute atomic E-state index is 11.7. The third-order valence-corrected chi connectivity index (χ3v) is 2.37. The molecule has 0 amide bonds. The van der Waals surface area contributed by atoms with Crippen molar-refractivity contribution in [1.82, 2.24) is 14.4 Å². The van der Waals surface area contributed by atoms with Gasteiger partial charge in [-0.15, -0.1) is 0 Å². The molecular formula is C10H12ClN3O. The Bertz CT molecular complexity index is 562. The third-order valence-electron chi connectivity index (χ3n) is 2.16. The van der Waals surface area contributed by atoms with Crippen molar-refractivity contribution in [3.8, 4) is 0 Å². The lowest BCUT2D eigenvalue weighted by molar-refractivity contribution is 0.538. The summed E-state index contributed by atoms with van der Waals surface area (Å²) in [5, 5.41) is 0.327. The molecule has 0 aliphatic heterocycles. The van der Waals surface area contributed by atoms with E-state index >= 15 is 0 Å². The molecule has 0 aliphatic carbocycles. The molecule has 2 aromatic heterocycles. The van der Waals surface area contributed by atoms with Crippen LogP contribution in [0.4, 0.5) is 0 Å². The van der Waals surface area contributed by atoms with Gasteiger partial charge < -0.3 is 0 Å². The van der Waals surface area contributed by atoms with Gasteiger partial charge in [0.1, 0.15) is 11.0 Å². The van der Waals surface area contributed by atoms with Crippen molar-refractivity contribution in [2.24, 2.45) is 0 Å². The molecule has 4 nitrogen and oxygen atoms in total. The molecule has 0 aromatic carbocycles. The molecule has 15 heavy (non-hydrogen) atoms. The molecule has 80 valence electrons. The Kier molecular flexibility index (Phi) is 2.12. The Morgan fingerprint density at radius 3 is 2.73 bits per heavy atom. The van der Waals surface area contributed by atoms with Crippen molar-refractivity contribution in [3.63, 3.8) is 0 Å². The van der Waals surface area contributed by atoms with Gasteiger partial charge in [-0.3, -0.25) is 4.98 Å². The number of aromatic nitrogens is 3. The van der Waals surface area contributed by atoms with E-state index in [1.807, 2.05) is 20.8 Å². The van der Waals surface area contributed by atoms with Crippen molar-refractivity contribution >= 4 is 17.1 Å². The minimum Gasteiger partial charge on any atom is -0.297 e. The number of fused-ring (bicyclic) bond motifs is 1. The van der Waals surface area contributed by atoms with Gasteiger partial charge >= 0.3 is 5.69 Å². The topological polar surface area (TPSA) is 50.2 Å². The van der Waals surface area contributed by atoms with Gasteiger partial charge in [0.05, 0.1) is 11.7 Å². The molecule has 0 bridgehead atoms. The van der Waals surface area contributed by atoms with Crippen molar-refractivity contribution < 1.29 is 0 Å². The van der Waals surface area contributed by atoms with E-state index in [0.717, 1.165) is 5.82 Å². The fourth-order valence-electron chi connectivity index (χ4n) is 1.53. The predicted molar refractivity (Wildman–Crippen MR) is 59.5 cm³/mol. The van der Waals surface area contributed by atoms with Crippen LogP contribution in [0, 0.1) is 0 Å². The normalized spacial score (nSPS) is 12.3. The van der Waals surface area contributed by atoms with Crippen molar-refractivity contribution in [1.29, 1.82) is 0 Å². The molecular weight excluding hydrogens is 214 g/mol. The summed E-state index contributed by atoms with van der Waals surface area (Å²) >= 11 is 5.75. The largest absolute Gasteiger partial charge is 0.332 e. The quantitative estimate of drug-likeness (QED) is 0.697. The summed E-state index contributed by atoms with van der Waals surface area (Å²) in [4.78, 5) is 18.5. The number of nitrogens with one attached hydrogen (secondary N) is 1. The minimum atomic E-state index is -0.250. The van der Waals surface area contributed by atoms with E-state index in [4.69, 9.17) is 11.6 Å². The van der Waals surface area contributed by atoms with Crippen LogP contribution < -0.4 is 5.69 Å². The molecule has 0 saturated heterocycles. The number of rotatable bonds is 0. The molecule has 0 fully saturated rings. The fourth-order valence-corrected chi connectivity index (χ4v) is 1.73. The van der Waals surface area contributed by atoms with Crippen LogP contribution in [-0.4, -0.2) is 14.4 Å². The van der Waals surface area contributed by atoms with Gasteiger partial charge in [-0.25, -0.2) is 14.2 Å². The smallest absolute Gasteiger partial charge is 0.297 e. The summed E-state index contributed by atoms with van der Waals surface area (Å²) in [5.41, 5.74) is 0.293. The first-order chi connectivity index (χ1) is 6.89. The number of hydrogen-bond donors (Lipinski definition) is 1. The van der Waals surface area contributed by atoms with Gasteiger partial charge in [0.15, 0.2) is 0 Å². The highest BCUT2D eigenvalue weighted by Crippen LogP contribution is 2.21. The lowest BCUT2D eigenvalue weighted by Gasteiger charge is -2.15. The fraction of sp³-hybridized carbons (Fsp3) is 0.400.